The van der Waals surface area contributed by atoms with E-state index in [1.165, 1.54) is 5.56 Å². The molecule has 0 aliphatic carbocycles. The fraction of sp³-hybridized carbons (Fsp3) is 0.333. The summed E-state index contributed by atoms with van der Waals surface area (Å²) < 4.78 is 0. The molecular weight excluding hydrogens is 147 g/mol. The van der Waals surface area contributed by atoms with Gasteiger partial charge in [0.15, 0.2) is 0 Å². The number of aryl methyl sites for hydroxylation is 1. The van der Waals surface area contributed by atoms with Gasteiger partial charge in [-0.1, -0.05) is 17.7 Å². The summed E-state index contributed by atoms with van der Waals surface area (Å²) >= 11 is 0. The van der Waals surface area contributed by atoms with E-state index in [2.05, 4.69) is 0 Å². The van der Waals surface area contributed by atoms with Crippen molar-refractivity contribution < 1.29 is 34.7 Å². The van der Waals surface area contributed by atoms with Crippen molar-refractivity contribution in [1.29, 1.82) is 0 Å². The summed E-state index contributed by atoms with van der Waals surface area (Å²) in [4.78, 5) is 0. The van der Waals surface area contributed by atoms with Crippen molar-refractivity contribution in [2.24, 2.45) is 0 Å². The van der Waals surface area contributed by atoms with Crippen LogP contribution in [0.1, 0.15) is 16.7 Å². The Morgan fingerprint density at radius 1 is 1.00 bits per heavy atom. The van der Waals surface area contributed by atoms with Gasteiger partial charge in [0, 0.05) is 0 Å². The predicted octanol–water partition coefficient (Wildman–Crippen LogP) is -1.31. The Hall–Kier alpha value is 0.0200. The Labute approximate surface area is 89.7 Å². The van der Waals surface area contributed by atoms with E-state index in [0.717, 1.165) is 11.1 Å². The molecule has 1 aromatic carbocycles. The van der Waals surface area contributed by atoms with Gasteiger partial charge in [-0.2, -0.15) is 0 Å². The summed E-state index contributed by atoms with van der Waals surface area (Å²) in [5.41, 5.74) is 3.18. The molecule has 1 aromatic rings. The fourth-order valence-electron chi connectivity index (χ4n) is 0.931. The van der Waals surface area contributed by atoms with E-state index >= 15 is 0 Å². The second-order valence-electron chi connectivity index (χ2n) is 2.63. The Bertz CT molecular complexity index is 229. The van der Waals surface area contributed by atoms with Gasteiger partial charge in [0.05, 0.1) is 0 Å². The van der Waals surface area contributed by atoms with Gasteiger partial charge in [0.1, 0.15) is 0 Å². The van der Waals surface area contributed by atoms with Gasteiger partial charge in [-0.3, -0.25) is 0 Å². The zero-order valence-electron chi connectivity index (χ0n) is 7.56. The van der Waals surface area contributed by atoms with Crippen LogP contribution in [0.3, 0.4) is 0 Å². The molecule has 54 valence electrons. The van der Waals surface area contributed by atoms with Crippen LogP contribution in [0, 0.1) is 20.8 Å². The van der Waals surface area contributed by atoms with Crippen LogP contribution in [0.2, 0.25) is 0 Å². The molecule has 0 radical (unpaired) electrons. The molecule has 0 fully saturated rings. The van der Waals surface area contributed by atoms with Crippen LogP contribution < -0.4 is 34.7 Å². The second kappa shape index (κ2) is 4.15. The average Bonchev–Trinajstić information content (AvgIpc) is 1.93. The molecule has 0 amide bonds. The van der Waals surface area contributed by atoms with E-state index in [-0.39, 0.29) is 35.3 Å². The SMILES string of the molecule is Cc1ccc([O-])c(C)c1C.[Na+]. The molecule has 0 aliphatic rings. The molecular formula is C9H11NaO. The molecule has 1 nitrogen and oxygen atoms in total. The average molecular weight is 158 g/mol. The summed E-state index contributed by atoms with van der Waals surface area (Å²) in [6.07, 6.45) is 0. The van der Waals surface area contributed by atoms with Crippen LogP contribution in [0.4, 0.5) is 0 Å². The Morgan fingerprint density at radius 2 is 1.55 bits per heavy atom. The van der Waals surface area contributed by atoms with Crippen LogP contribution in [0.5, 0.6) is 5.75 Å². The standard InChI is InChI=1S/C9H12O.Na/c1-6-4-5-9(10)8(3)7(6)2;/h4-5,10H,1-3H3;/q;+1/p-1. The smallest absolute Gasteiger partial charge is 0.872 e. The van der Waals surface area contributed by atoms with E-state index in [0.29, 0.717) is 0 Å². The second-order valence-corrected chi connectivity index (χ2v) is 2.63. The maximum Gasteiger partial charge on any atom is 1.00 e. The first-order valence-electron chi connectivity index (χ1n) is 3.36. The zero-order chi connectivity index (χ0) is 7.72. The summed E-state index contributed by atoms with van der Waals surface area (Å²) in [5.74, 6) is 0.142. The third-order valence-corrected chi connectivity index (χ3v) is 2.01. The minimum Gasteiger partial charge on any atom is -0.872 e. The summed E-state index contributed by atoms with van der Waals surface area (Å²) in [6.45, 7) is 5.86. The molecule has 0 saturated carbocycles. The molecule has 0 bridgehead atoms. The first-order valence-corrected chi connectivity index (χ1v) is 3.36. The van der Waals surface area contributed by atoms with Crippen molar-refractivity contribution in [3.05, 3.63) is 28.8 Å². The van der Waals surface area contributed by atoms with Crippen molar-refractivity contribution in [2.75, 3.05) is 0 Å². The summed E-state index contributed by atoms with van der Waals surface area (Å²) in [6, 6.07) is 3.49. The van der Waals surface area contributed by atoms with Gasteiger partial charge in [0.2, 0.25) is 0 Å². The van der Waals surface area contributed by atoms with E-state index in [1.54, 1.807) is 6.07 Å². The van der Waals surface area contributed by atoms with Gasteiger partial charge >= 0.3 is 29.6 Å². The Kier molecular flexibility index (Phi) is 4.16. The maximum atomic E-state index is 11.0. The van der Waals surface area contributed by atoms with Gasteiger partial charge in [-0.15, -0.1) is 5.75 Å². The van der Waals surface area contributed by atoms with Crippen LogP contribution in [0.15, 0.2) is 12.1 Å². The van der Waals surface area contributed by atoms with Crippen LogP contribution in [-0.2, 0) is 0 Å². The van der Waals surface area contributed by atoms with Gasteiger partial charge < -0.3 is 5.11 Å². The van der Waals surface area contributed by atoms with Crippen LogP contribution in [-0.4, -0.2) is 0 Å². The fourth-order valence-corrected chi connectivity index (χ4v) is 0.931. The molecule has 0 aliphatic heterocycles. The molecule has 0 spiro atoms. The molecule has 0 heterocycles. The normalized spacial score (nSPS) is 9.00. The summed E-state index contributed by atoms with van der Waals surface area (Å²) in [5, 5.41) is 11.0. The molecule has 0 N–H and O–H groups in total. The Morgan fingerprint density at radius 3 is 2.00 bits per heavy atom. The van der Waals surface area contributed by atoms with Crippen molar-refractivity contribution in [3.63, 3.8) is 0 Å². The molecule has 0 saturated heterocycles. The minimum absolute atomic E-state index is 0. The quantitative estimate of drug-likeness (QED) is 0.430. The molecule has 2 heteroatoms. The van der Waals surface area contributed by atoms with Crippen molar-refractivity contribution in [3.8, 4) is 5.75 Å². The van der Waals surface area contributed by atoms with Gasteiger partial charge in [-0.25, -0.2) is 0 Å². The van der Waals surface area contributed by atoms with Crippen LogP contribution >= 0.6 is 0 Å². The first-order chi connectivity index (χ1) is 4.63. The van der Waals surface area contributed by atoms with Gasteiger partial charge in [0.25, 0.3) is 0 Å². The number of hydrogen-bond donors (Lipinski definition) is 0. The van der Waals surface area contributed by atoms with Crippen molar-refractivity contribution in [2.45, 2.75) is 20.8 Å². The number of rotatable bonds is 0. The molecule has 0 atom stereocenters. The third kappa shape index (κ3) is 2.22. The van der Waals surface area contributed by atoms with Gasteiger partial charge in [-0.05, 0) is 31.9 Å². The Balaban J connectivity index is 0.000001000. The largest absolute Gasteiger partial charge is 1.00 e. The van der Waals surface area contributed by atoms with E-state index in [4.69, 9.17) is 0 Å². The van der Waals surface area contributed by atoms with E-state index in [9.17, 15) is 5.11 Å². The van der Waals surface area contributed by atoms with Crippen LogP contribution in [0.25, 0.3) is 0 Å². The molecule has 11 heavy (non-hydrogen) atoms. The number of benzene rings is 1. The minimum atomic E-state index is 0. The maximum absolute atomic E-state index is 11.0. The van der Waals surface area contributed by atoms with Crippen molar-refractivity contribution in [1.82, 2.24) is 0 Å². The predicted molar refractivity (Wildman–Crippen MR) is 40.1 cm³/mol. The van der Waals surface area contributed by atoms with E-state index < -0.39 is 0 Å². The van der Waals surface area contributed by atoms with E-state index in [1.807, 2.05) is 26.8 Å². The zero-order valence-corrected chi connectivity index (χ0v) is 9.56. The topological polar surface area (TPSA) is 23.1 Å². The first kappa shape index (κ1) is 11.0. The molecule has 0 unspecified atom stereocenters. The number of hydrogen-bond acceptors (Lipinski definition) is 1. The third-order valence-electron chi connectivity index (χ3n) is 2.01. The molecule has 1 rings (SSSR count). The van der Waals surface area contributed by atoms with Crippen molar-refractivity contribution >= 4 is 0 Å². The monoisotopic (exact) mass is 158 g/mol. The summed E-state index contributed by atoms with van der Waals surface area (Å²) in [7, 11) is 0. The molecule has 0 aromatic heterocycles.